The van der Waals surface area contributed by atoms with Crippen LogP contribution in [0.25, 0.3) is 0 Å². The third-order valence-corrected chi connectivity index (χ3v) is 4.48. The minimum atomic E-state index is -0.0590. The number of rotatable bonds is 2. The van der Waals surface area contributed by atoms with Gasteiger partial charge in [-0.05, 0) is 48.0 Å². The van der Waals surface area contributed by atoms with Gasteiger partial charge in [-0.25, -0.2) is 0 Å². The second-order valence-corrected chi connectivity index (χ2v) is 6.52. The van der Waals surface area contributed by atoms with Crippen molar-refractivity contribution in [3.05, 3.63) is 63.6 Å². The molecule has 1 atom stereocenters. The number of fused-ring (bicyclic) bond motifs is 1. The minimum Gasteiger partial charge on any atom is -0.497 e. The van der Waals surface area contributed by atoms with Gasteiger partial charge in [-0.15, -0.1) is 0 Å². The van der Waals surface area contributed by atoms with Crippen molar-refractivity contribution in [2.75, 3.05) is 27.3 Å². The third kappa shape index (κ3) is 3.35. The van der Waals surface area contributed by atoms with Gasteiger partial charge in [0.05, 0.1) is 13.7 Å². The Balaban J connectivity index is 2.06. The van der Waals surface area contributed by atoms with Crippen LogP contribution in [0.5, 0.6) is 5.75 Å². The minimum absolute atomic E-state index is 0.0590. The molecule has 0 amide bonds. The van der Waals surface area contributed by atoms with Crippen molar-refractivity contribution in [1.29, 1.82) is 0 Å². The van der Waals surface area contributed by atoms with Crippen LogP contribution in [-0.4, -0.2) is 32.2 Å². The lowest BCUT2D eigenvalue weighted by molar-refractivity contribution is 0.0552. The van der Waals surface area contributed by atoms with E-state index in [1.54, 1.807) is 7.11 Å². The molecule has 0 bridgehead atoms. The first-order chi connectivity index (χ1) is 10.7. The van der Waals surface area contributed by atoms with E-state index >= 15 is 0 Å². The average Bonchev–Trinajstić information content (AvgIpc) is 2.52. The first-order valence-corrected chi connectivity index (χ1v) is 8.19. The van der Waals surface area contributed by atoms with Crippen molar-refractivity contribution < 1.29 is 9.47 Å². The zero-order chi connectivity index (χ0) is 15.5. The number of hydrogen-bond donors (Lipinski definition) is 0. The Bertz CT molecular complexity index is 659. The molecule has 0 radical (unpaired) electrons. The first kappa shape index (κ1) is 15.5. The van der Waals surface area contributed by atoms with E-state index in [9.17, 15) is 0 Å². The van der Waals surface area contributed by atoms with Crippen LogP contribution in [0.3, 0.4) is 0 Å². The third-order valence-electron chi connectivity index (χ3n) is 3.98. The van der Waals surface area contributed by atoms with Crippen LogP contribution in [-0.2, 0) is 11.3 Å². The number of hydrogen-bond acceptors (Lipinski definition) is 3. The molecule has 0 aromatic heterocycles. The fourth-order valence-corrected chi connectivity index (χ4v) is 3.20. The van der Waals surface area contributed by atoms with Gasteiger partial charge in [0.15, 0.2) is 0 Å². The van der Waals surface area contributed by atoms with E-state index in [1.807, 2.05) is 12.1 Å². The molecule has 2 aromatic rings. The Morgan fingerprint density at radius 2 is 2.09 bits per heavy atom. The topological polar surface area (TPSA) is 21.7 Å². The highest BCUT2D eigenvalue weighted by molar-refractivity contribution is 9.10. The van der Waals surface area contributed by atoms with Gasteiger partial charge in [0.1, 0.15) is 11.9 Å². The lowest BCUT2D eigenvalue weighted by Gasteiger charge is -2.28. The normalized spacial score (nSPS) is 19.1. The maximum atomic E-state index is 6.20. The molecule has 3 rings (SSSR count). The Labute approximate surface area is 140 Å². The fourth-order valence-electron chi connectivity index (χ4n) is 2.82. The number of likely N-dealkylation sites (N-methyl/N-ethyl adjacent to an activating group) is 1. The second kappa shape index (κ2) is 6.82. The summed E-state index contributed by atoms with van der Waals surface area (Å²) in [5.41, 5.74) is 3.65. The maximum Gasteiger partial charge on any atom is 0.119 e. The van der Waals surface area contributed by atoms with Gasteiger partial charge in [-0.1, -0.05) is 34.1 Å². The molecule has 22 heavy (non-hydrogen) atoms. The summed E-state index contributed by atoms with van der Waals surface area (Å²) < 4.78 is 12.6. The molecule has 0 saturated carbocycles. The average molecular weight is 362 g/mol. The molecule has 0 N–H and O–H groups in total. The maximum absolute atomic E-state index is 6.20. The van der Waals surface area contributed by atoms with Crippen molar-refractivity contribution in [3.63, 3.8) is 0 Å². The summed E-state index contributed by atoms with van der Waals surface area (Å²) in [5.74, 6) is 0.858. The number of benzene rings is 2. The summed E-state index contributed by atoms with van der Waals surface area (Å²) in [6, 6.07) is 14.6. The standard InChI is InChI=1S/C18H20BrNO2/c1-20-8-9-22-18(13-4-3-5-16(10-13)21-2)17-11-15(19)7-6-14(17)12-20/h3-7,10-11,18H,8-9,12H2,1-2H3. The van der Waals surface area contributed by atoms with E-state index < -0.39 is 0 Å². The Morgan fingerprint density at radius 1 is 1.23 bits per heavy atom. The molecule has 1 heterocycles. The SMILES string of the molecule is COc1cccc(C2OCCN(C)Cc3ccc(Br)cc32)c1. The van der Waals surface area contributed by atoms with E-state index in [1.165, 1.54) is 11.1 Å². The molecule has 1 unspecified atom stereocenters. The Hall–Kier alpha value is -1.36. The molecular formula is C18H20BrNO2. The van der Waals surface area contributed by atoms with E-state index in [4.69, 9.17) is 9.47 Å². The van der Waals surface area contributed by atoms with Gasteiger partial charge in [-0.3, -0.25) is 4.90 Å². The molecule has 116 valence electrons. The number of methoxy groups -OCH3 is 1. The van der Waals surface area contributed by atoms with Crippen LogP contribution >= 0.6 is 15.9 Å². The Kier molecular flexibility index (Phi) is 4.81. The zero-order valence-electron chi connectivity index (χ0n) is 12.9. The Morgan fingerprint density at radius 3 is 2.91 bits per heavy atom. The van der Waals surface area contributed by atoms with Gasteiger partial charge in [0.25, 0.3) is 0 Å². The van der Waals surface area contributed by atoms with Gasteiger partial charge in [0, 0.05) is 17.6 Å². The summed E-state index contributed by atoms with van der Waals surface area (Å²) in [5, 5.41) is 0. The van der Waals surface area contributed by atoms with Gasteiger partial charge in [0.2, 0.25) is 0 Å². The van der Waals surface area contributed by atoms with Crippen molar-refractivity contribution in [1.82, 2.24) is 4.90 Å². The lowest BCUT2D eigenvalue weighted by atomic mass is 9.95. The van der Waals surface area contributed by atoms with Crippen LogP contribution in [0, 0.1) is 0 Å². The summed E-state index contributed by atoms with van der Waals surface area (Å²) in [4.78, 5) is 2.29. The summed E-state index contributed by atoms with van der Waals surface area (Å²) in [7, 11) is 3.82. The summed E-state index contributed by atoms with van der Waals surface area (Å²) >= 11 is 3.58. The second-order valence-electron chi connectivity index (χ2n) is 5.61. The monoisotopic (exact) mass is 361 g/mol. The van der Waals surface area contributed by atoms with Crippen molar-refractivity contribution in [2.45, 2.75) is 12.6 Å². The highest BCUT2D eigenvalue weighted by Gasteiger charge is 2.22. The van der Waals surface area contributed by atoms with Crippen LogP contribution in [0.1, 0.15) is 22.8 Å². The largest absolute Gasteiger partial charge is 0.497 e. The van der Waals surface area contributed by atoms with E-state index in [0.29, 0.717) is 6.61 Å². The molecule has 0 saturated heterocycles. The lowest BCUT2D eigenvalue weighted by Crippen LogP contribution is -2.27. The van der Waals surface area contributed by atoms with Gasteiger partial charge < -0.3 is 9.47 Å². The summed E-state index contributed by atoms with van der Waals surface area (Å²) in [6.45, 7) is 2.58. The quantitative estimate of drug-likeness (QED) is 0.806. The molecule has 0 aliphatic carbocycles. The fraction of sp³-hybridized carbons (Fsp3) is 0.333. The highest BCUT2D eigenvalue weighted by Crippen LogP contribution is 2.34. The molecule has 1 aliphatic heterocycles. The highest BCUT2D eigenvalue weighted by atomic mass is 79.9. The molecule has 0 fully saturated rings. The van der Waals surface area contributed by atoms with Crippen LogP contribution in [0.2, 0.25) is 0 Å². The zero-order valence-corrected chi connectivity index (χ0v) is 14.5. The van der Waals surface area contributed by atoms with Crippen LogP contribution in [0.15, 0.2) is 46.9 Å². The number of halogens is 1. The molecule has 4 heteroatoms. The molecule has 1 aliphatic rings. The smallest absolute Gasteiger partial charge is 0.119 e. The predicted molar refractivity (Wildman–Crippen MR) is 91.3 cm³/mol. The summed E-state index contributed by atoms with van der Waals surface area (Å²) in [6.07, 6.45) is -0.0590. The van der Waals surface area contributed by atoms with E-state index in [0.717, 1.165) is 28.9 Å². The van der Waals surface area contributed by atoms with E-state index in [2.05, 4.69) is 58.2 Å². The molecular weight excluding hydrogens is 342 g/mol. The molecule has 0 spiro atoms. The van der Waals surface area contributed by atoms with Crippen molar-refractivity contribution in [2.24, 2.45) is 0 Å². The molecule has 2 aromatic carbocycles. The van der Waals surface area contributed by atoms with Crippen molar-refractivity contribution in [3.8, 4) is 5.75 Å². The van der Waals surface area contributed by atoms with E-state index in [-0.39, 0.29) is 6.10 Å². The van der Waals surface area contributed by atoms with Crippen LogP contribution < -0.4 is 4.74 Å². The first-order valence-electron chi connectivity index (χ1n) is 7.40. The van der Waals surface area contributed by atoms with Gasteiger partial charge in [-0.2, -0.15) is 0 Å². The predicted octanol–water partition coefficient (Wildman–Crippen LogP) is 4.01. The number of nitrogens with zero attached hydrogens (tertiary/aromatic N) is 1. The molecule has 3 nitrogen and oxygen atoms in total. The number of ether oxygens (including phenoxy) is 2. The van der Waals surface area contributed by atoms with Crippen LogP contribution in [0.4, 0.5) is 0 Å². The van der Waals surface area contributed by atoms with Gasteiger partial charge >= 0.3 is 0 Å². The van der Waals surface area contributed by atoms with Crippen molar-refractivity contribution >= 4 is 15.9 Å².